The third-order valence-electron chi connectivity index (χ3n) is 5.61. The number of hydrogen-bond donors (Lipinski definition) is 1. The molecule has 0 radical (unpaired) electrons. The number of likely N-dealkylation sites (tertiary alicyclic amines) is 1. The van der Waals surface area contributed by atoms with Gasteiger partial charge in [-0.25, -0.2) is 9.59 Å². The topological polar surface area (TPSA) is 110 Å². The molecular weight excluding hydrogens is 426 g/mol. The van der Waals surface area contributed by atoms with Gasteiger partial charge in [-0.05, 0) is 57.9 Å². The van der Waals surface area contributed by atoms with Crippen LogP contribution in [0.5, 0.6) is 0 Å². The van der Waals surface area contributed by atoms with Crippen LogP contribution < -0.4 is 10.2 Å². The lowest BCUT2D eigenvalue weighted by atomic mass is 10.0. The molecule has 1 N–H and O–H groups in total. The van der Waals surface area contributed by atoms with Crippen LogP contribution in [0.25, 0.3) is 11.4 Å². The summed E-state index contributed by atoms with van der Waals surface area (Å²) >= 11 is 0. The van der Waals surface area contributed by atoms with Gasteiger partial charge in [0.05, 0.1) is 6.54 Å². The number of alkyl carbamates (subject to hydrolysis) is 1. The molecule has 2 saturated heterocycles. The van der Waals surface area contributed by atoms with E-state index >= 15 is 0 Å². The Morgan fingerprint density at radius 3 is 2.52 bits per heavy atom. The van der Waals surface area contributed by atoms with Gasteiger partial charge in [-0.2, -0.15) is 4.98 Å². The van der Waals surface area contributed by atoms with E-state index in [2.05, 4.69) is 20.4 Å². The first-order valence-corrected chi connectivity index (χ1v) is 11.3. The molecule has 0 aliphatic carbocycles. The summed E-state index contributed by atoms with van der Waals surface area (Å²) in [4.78, 5) is 32.6. The summed E-state index contributed by atoms with van der Waals surface area (Å²) in [6.45, 7) is 10.1. The standard InChI is InChI=1S/C23H31N5O5/c1-15-24-20(26-33-15)16-5-7-18(8-6-16)28-14-19(31-22(28)30)13-27-11-9-17(10-12-27)25-21(29)32-23(2,3)4/h5-8,17,19H,9-14H2,1-4H3,(H,25,29). The lowest BCUT2D eigenvalue weighted by Crippen LogP contribution is -2.47. The molecule has 2 amide bonds. The van der Waals surface area contributed by atoms with E-state index < -0.39 is 5.60 Å². The minimum Gasteiger partial charge on any atom is -0.444 e. The highest BCUT2D eigenvalue weighted by atomic mass is 16.6. The van der Waals surface area contributed by atoms with Crippen molar-refractivity contribution >= 4 is 17.9 Å². The maximum atomic E-state index is 12.5. The first-order valence-electron chi connectivity index (χ1n) is 11.3. The Morgan fingerprint density at radius 2 is 1.91 bits per heavy atom. The lowest BCUT2D eigenvalue weighted by molar-refractivity contribution is 0.0463. The van der Waals surface area contributed by atoms with Crippen molar-refractivity contribution < 1.29 is 23.6 Å². The fourth-order valence-electron chi connectivity index (χ4n) is 4.06. The molecule has 10 nitrogen and oxygen atoms in total. The normalized spacial score (nSPS) is 20.1. The van der Waals surface area contributed by atoms with E-state index in [1.54, 1.807) is 11.8 Å². The average Bonchev–Trinajstić information content (AvgIpc) is 3.33. The number of amides is 2. The Kier molecular flexibility index (Phi) is 6.55. The molecule has 178 valence electrons. The third-order valence-corrected chi connectivity index (χ3v) is 5.61. The summed E-state index contributed by atoms with van der Waals surface area (Å²) in [7, 11) is 0. The Balaban J connectivity index is 1.25. The Hall–Kier alpha value is -3.14. The van der Waals surface area contributed by atoms with Crippen LogP contribution in [-0.4, -0.2) is 71.2 Å². The molecule has 1 unspecified atom stereocenters. The molecular formula is C23H31N5O5. The number of carbonyl (C=O) groups is 2. The predicted molar refractivity (Wildman–Crippen MR) is 121 cm³/mol. The van der Waals surface area contributed by atoms with Gasteiger partial charge in [-0.1, -0.05) is 5.16 Å². The number of carbonyl (C=O) groups excluding carboxylic acids is 2. The lowest BCUT2D eigenvalue weighted by Gasteiger charge is -2.33. The molecule has 33 heavy (non-hydrogen) atoms. The molecule has 0 bridgehead atoms. The van der Waals surface area contributed by atoms with E-state index in [0.717, 1.165) is 37.2 Å². The summed E-state index contributed by atoms with van der Waals surface area (Å²) in [5, 5.41) is 6.86. The van der Waals surface area contributed by atoms with Crippen LogP contribution in [0.15, 0.2) is 28.8 Å². The van der Waals surface area contributed by atoms with Crippen molar-refractivity contribution in [1.82, 2.24) is 20.4 Å². The number of rotatable bonds is 5. The monoisotopic (exact) mass is 457 g/mol. The Morgan fingerprint density at radius 1 is 1.21 bits per heavy atom. The van der Waals surface area contributed by atoms with Crippen molar-refractivity contribution in [1.29, 1.82) is 0 Å². The van der Waals surface area contributed by atoms with Gasteiger partial charge < -0.3 is 19.3 Å². The number of hydrogen-bond acceptors (Lipinski definition) is 8. The second-order valence-electron chi connectivity index (χ2n) is 9.52. The fraction of sp³-hybridized carbons (Fsp3) is 0.565. The number of nitrogens with one attached hydrogen (secondary N) is 1. The first kappa shape index (κ1) is 23.0. The molecule has 0 spiro atoms. The van der Waals surface area contributed by atoms with Crippen LogP contribution in [0, 0.1) is 6.92 Å². The molecule has 10 heteroatoms. The Labute approximate surface area is 193 Å². The number of aryl methyl sites for hydroxylation is 1. The molecule has 2 aromatic rings. The molecule has 1 aromatic heterocycles. The maximum Gasteiger partial charge on any atom is 0.414 e. The quantitative estimate of drug-likeness (QED) is 0.728. The summed E-state index contributed by atoms with van der Waals surface area (Å²) < 4.78 is 16.0. The van der Waals surface area contributed by atoms with E-state index in [0.29, 0.717) is 24.8 Å². The second kappa shape index (κ2) is 9.38. The highest BCUT2D eigenvalue weighted by molar-refractivity contribution is 5.90. The van der Waals surface area contributed by atoms with Crippen molar-refractivity contribution in [2.45, 2.75) is 58.3 Å². The molecule has 2 aliphatic rings. The van der Waals surface area contributed by atoms with Crippen LogP contribution >= 0.6 is 0 Å². The van der Waals surface area contributed by atoms with Crippen molar-refractivity contribution in [3.63, 3.8) is 0 Å². The van der Waals surface area contributed by atoms with E-state index in [9.17, 15) is 9.59 Å². The smallest absolute Gasteiger partial charge is 0.414 e. The van der Waals surface area contributed by atoms with Crippen molar-refractivity contribution in [3.8, 4) is 11.4 Å². The largest absolute Gasteiger partial charge is 0.444 e. The Bertz CT molecular complexity index is 976. The predicted octanol–water partition coefficient (Wildman–Crippen LogP) is 3.36. The molecule has 3 heterocycles. The van der Waals surface area contributed by atoms with Crippen LogP contribution in [-0.2, 0) is 9.47 Å². The molecule has 4 rings (SSSR count). The van der Waals surface area contributed by atoms with Crippen molar-refractivity contribution in [2.24, 2.45) is 0 Å². The highest BCUT2D eigenvalue weighted by Crippen LogP contribution is 2.26. The van der Waals surface area contributed by atoms with E-state index in [-0.39, 0.29) is 24.3 Å². The molecule has 2 fully saturated rings. The van der Waals surface area contributed by atoms with Crippen LogP contribution in [0.3, 0.4) is 0 Å². The van der Waals surface area contributed by atoms with E-state index in [4.69, 9.17) is 14.0 Å². The van der Waals surface area contributed by atoms with Crippen LogP contribution in [0.1, 0.15) is 39.5 Å². The first-order chi connectivity index (χ1) is 15.7. The van der Waals surface area contributed by atoms with Gasteiger partial charge in [-0.15, -0.1) is 0 Å². The number of piperidine rings is 1. The van der Waals surface area contributed by atoms with Gasteiger partial charge in [0, 0.05) is 43.9 Å². The van der Waals surface area contributed by atoms with E-state index in [1.807, 2.05) is 45.0 Å². The van der Waals surface area contributed by atoms with Crippen molar-refractivity contribution in [3.05, 3.63) is 30.2 Å². The van der Waals surface area contributed by atoms with Gasteiger partial charge in [-0.3, -0.25) is 9.80 Å². The third kappa shape index (κ3) is 6.01. The van der Waals surface area contributed by atoms with Crippen molar-refractivity contribution in [2.75, 3.05) is 31.1 Å². The zero-order valence-corrected chi connectivity index (χ0v) is 19.5. The second-order valence-corrected chi connectivity index (χ2v) is 9.52. The summed E-state index contributed by atoms with van der Waals surface area (Å²) in [6, 6.07) is 7.54. The SMILES string of the molecule is Cc1nc(-c2ccc(N3CC(CN4CCC(NC(=O)OC(C)(C)C)CC4)OC3=O)cc2)no1. The number of benzene rings is 1. The number of cyclic esters (lactones) is 1. The number of anilines is 1. The minimum atomic E-state index is -0.505. The van der Waals surface area contributed by atoms with Gasteiger partial charge >= 0.3 is 12.2 Å². The molecule has 1 atom stereocenters. The number of nitrogens with zero attached hydrogens (tertiary/aromatic N) is 4. The fourth-order valence-corrected chi connectivity index (χ4v) is 4.06. The summed E-state index contributed by atoms with van der Waals surface area (Å²) in [6.07, 6.45) is 0.750. The van der Waals surface area contributed by atoms with Gasteiger partial charge in [0.2, 0.25) is 11.7 Å². The minimum absolute atomic E-state index is 0.0974. The molecule has 0 saturated carbocycles. The molecule has 2 aliphatic heterocycles. The maximum absolute atomic E-state index is 12.5. The van der Waals surface area contributed by atoms with Crippen LogP contribution in [0.2, 0.25) is 0 Å². The van der Waals surface area contributed by atoms with Gasteiger partial charge in [0.15, 0.2) is 0 Å². The zero-order valence-electron chi connectivity index (χ0n) is 19.5. The van der Waals surface area contributed by atoms with Gasteiger partial charge in [0.1, 0.15) is 11.7 Å². The summed E-state index contributed by atoms with van der Waals surface area (Å²) in [5.41, 5.74) is 1.09. The zero-order chi connectivity index (χ0) is 23.6. The number of aromatic nitrogens is 2. The molecule has 1 aromatic carbocycles. The van der Waals surface area contributed by atoms with Gasteiger partial charge in [0.25, 0.3) is 0 Å². The average molecular weight is 458 g/mol. The highest BCUT2D eigenvalue weighted by Gasteiger charge is 2.34. The van der Waals surface area contributed by atoms with Crippen LogP contribution in [0.4, 0.5) is 15.3 Å². The van der Waals surface area contributed by atoms with E-state index in [1.165, 1.54) is 0 Å². The summed E-state index contributed by atoms with van der Waals surface area (Å²) in [5.74, 6) is 1.02. The number of ether oxygens (including phenoxy) is 2.